The minimum atomic E-state index is 0.439. The van der Waals surface area contributed by atoms with Crippen molar-refractivity contribution in [3.63, 3.8) is 0 Å². The Balaban J connectivity index is 2.17. The van der Waals surface area contributed by atoms with Crippen LogP contribution in [0.2, 0.25) is 0 Å². The van der Waals surface area contributed by atoms with Crippen molar-refractivity contribution in [2.24, 2.45) is 0 Å². The van der Waals surface area contributed by atoms with Gasteiger partial charge in [0, 0.05) is 11.6 Å². The third-order valence-corrected chi connectivity index (χ3v) is 5.99. The second kappa shape index (κ2) is 9.40. The highest BCUT2D eigenvalue weighted by atomic mass is 16.5. The summed E-state index contributed by atoms with van der Waals surface area (Å²) < 4.78 is 5.79. The summed E-state index contributed by atoms with van der Waals surface area (Å²) in [6.45, 7) is 8.77. The molecule has 1 heterocycles. The lowest BCUT2D eigenvalue weighted by atomic mass is 9.86. The predicted octanol–water partition coefficient (Wildman–Crippen LogP) is 5.76. The minimum absolute atomic E-state index is 0.439. The van der Waals surface area contributed by atoms with Crippen molar-refractivity contribution in [1.29, 1.82) is 0 Å². The van der Waals surface area contributed by atoms with Gasteiger partial charge in [-0.15, -0.1) is 0 Å². The van der Waals surface area contributed by atoms with Gasteiger partial charge in [-0.05, 0) is 68.6 Å². The topological polar surface area (TPSA) is 47.0 Å². The molecule has 0 saturated carbocycles. The molecule has 1 aromatic carbocycles. The number of hydrogen-bond donors (Lipinski definition) is 1. The number of benzene rings is 1. The lowest BCUT2D eigenvalue weighted by Crippen LogP contribution is -2.20. The average Bonchev–Trinajstić information content (AvgIpc) is 2.76. The van der Waals surface area contributed by atoms with Gasteiger partial charge in [0.15, 0.2) is 0 Å². The first-order valence-corrected chi connectivity index (χ1v) is 11.0. The Kier molecular flexibility index (Phi) is 6.93. The highest BCUT2D eigenvalue weighted by Gasteiger charge is 2.23. The van der Waals surface area contributed by atoms with Crippen molar-refractivity contribution < 1.29 is 4.74 Å². The van der Waals surface area contributed by atoms with Gasteiger partial charge in [-0.3, -0.25) is 0 Å². The fourth-order valence-electron chi connectivity index (χ4n) is 4.24. The van der Waals surface area contributed by atoms with Crippen molar-refractivity contribution in [3.8, 4) is 17.0 Å². The molecule has 152 valence electrons. The van der Waals surface area contributed by atoms with Gasteiger partial charge in [-0.25, -0.2) is 9.97 Å². The van der Waals surface area contributed by atoms with Gasteiger partial charge in [0.1, 0.15) is 11.6 Å². The van der Waals surface area contributed by atoms with E-state index in [0.29, 0.717) is 6.04 Å². The van der Waals surface area contributed by atoms with E-state index in [1.54, 1.807) is 7.11 Å². The number of aryl methyl sites for hydroxylation is 3. The number of aromatic nitrogens is 2. The number of nitrogens with zero attached hydrogens (tertiary/aromatic N) is 2. The summed E-state index contributed by atoms with van der Waals surface area (Å²) in [5, 5.41) is 3.64. The molecule has 2 aromatic rings. The highest BCUT2D eigenvalue weighted by Crippen LogP contribution is 2.39. The van der Waals surface area contributed by atoms with Gasteiger partial charge >= 0.3 is 0 Å². The molecule has 4 nitrogen and oxygen atoms in total. The first-order chi connectivity index (χ1) is 13.7. The molecule has 0 atom stereocenters. The van der Waals surface area contributed by atoms with Crippen LogP contribution >= 0.6 is 0 Å². The van der Waals surface area contributed by atoms with Gasteiger partial charge < -0.3 is 10.1 Å². The number of nitrogens with one attached hydrogen (secondary N) is 1. The van der Waals surface area contributed by atoms with E-state index in [4.69, 9.17) is 14.7 Å². The molecule has 0 saturated heterocycles. The first kappa shape index (κ1) is 20.6. The van der Waals surface area contributed by atoms with Crippen LogP contribution in [0.3, 0.4) is 0 Å². The predicted molar refractivity (Wildman–Crippen MR) is 117 cm³/mol. The normalized spacial score (nSPS) is 13.5. The van der Waals surface area contributed by atoms with E-state index in [-0.39, 0.29) is 0 Å². The second-order valence-electron chi connectivity index (χ2n) is 7.67. The van der Waals surface area contributed by atoms with Gasteiger partial charge in [-0.2, -0.15) is 0 Å². The highest BCUT2D eigenvalue weighted by molar-refractivity contribution is 5.75. The number of rotatable bonds is 8. The number of methoxy groups -OCH3 is 1. The van der Waals surface area contributed by atoms with Crippen LogP contribution in [0, 0.1) is 0 Å². The Morgan fingerprint density at radius 3 is 2.32 bits per heavy atom. The number of ether oxygens (including phenoxy) is 1. The molecule has 28 heavy (non-hydrogen) atoms. The van der Waals surface area contributed by atoms with E-state index in [1.165, 1.54) is 29.5 Å². The molecule has 0 unspecified atom stereocenters. The zero-order valence-corrected chi connectivity index (χ0v) is 18.2. The van der Waals surface area contributed by atoms with Crippen molar-refractivity contribution in [2.45, 2.75) is 85.1 Å². The molecule has 4 heteroatoms. The molecule has 0 radical (unpaired) electrons. The molecule has 0 aliphatic heterocycles. The number of fused-ring (bicyclic) bond motifs is 1. The van der Waals surface area contributed by atoms with Crippen LogP contribution in [0.15, 0.2) is 12.1 Å². The summed E-state index contributed by atoms with van der Waals surface area (Å²) in [6, 6.07) is 4.79. The number of anilines is 1. The van der Waals surface area contributed by atoms with Crippen LogP contribution in [-0.2, 0) is 25.7 Å². The lowest BCUT2D eigenvalue weighted by molar-refractivity contribution is 0.415. The van der Waals surface area contributed by atoms with Crippen LogP contribution in [0.1, 0.15) is 75.9 Å². The summed E-state index contributed by atoms with van der Waals surface area (Å²) in [4.78, 5) is 10.2. The maximum absolute atomic E-state index is 5.79. The Hall–Kier alpha value is -2.10. The van der Waals surface area contributed by atoms with Crippen molar-refractivity contribution in [3.05, 3.63) is 34.6 Å². The van der Waals surface area contributed by atoms with Gasteiger partial charge in [0.2, 0.25) is 0 Å². The summed E-state index contributed by atoms with van der Waals surface area (Å²) in [5.74, 6) is 1.88. The SMILES string of the molecule is CCc1nc(-c2c(OC)ccc3c2CCCC3)c(CC)nc1NC(CC)CC. The first-order valence-electron chi connectivity index (χ1n) is 11.0. The van der Waals surface area contributed by atoms with Crippen LogP contribution in [-0.4, -0.2) is 23.1 Å². The Morgan fingerprint density at radius 1 is 0.964 bits per heavy atom. The molecule has 1 aliphatic carbocycles. The van der Waals surface area contributed by atoms with E-state index >= 15 is 0 Å². The molecule has 0 spiro atoms. The molecule has 3 rings (SSSR count). The molecule has 0 bridgehead atoms. The second-order valence-corrected chi connectivity index (χ2v) is 7.67. The fourth-order valence-corrected chi connectivity index (χ4v) is 4.24. The van der Waals surface area contributed by atoms with E-state index < -0.39 is 0 Å². The van der Waals surface area contributed by atoms with Gasteiger partial charge in [0.25, 0.3) is 0 Å². The van der Waals surface area contributed by atoms with Gasteiger partial charge in [0.05, 0.1) is 24.2 Å². The maximum Gasteiger partial charge on any atom is 0.148 e. The molecule has 1 aromatic heterocycles. The average molecular weight is 382 g/mol. The maximum atomic E-state index is 5.79. The van der Waals surface area contributed by atoms with Crippen molar-refractivity contribution in [2.75, 3.05) is 12.4 Å². The lowest BCUT2D eigenvalue weighted by Gasteiger charge is -2.24. The summed E-state index contributed by atoms with van der Waals surface area (Å²) >= 11 is 0. The van der Waals surface area contributed by atoms with E-state index in [1.807, 2.05) is 0 Å². The van der Waals surface area contributed by atoms with Crippen LogP contribution in [0.25, 0.3) is 11.3 Å². The van der Waals surface area contributed by atoms with E-state index in [9.17, 15) is 0 Å². The quantitative estimate of drug-likeness (QED) is 0.632. The Bertz CT molecular complexity index is 812. The van der Waals surface area contributed by atoms with Crippen molar-refractivity contribution in [1.82, 2.24) is 9.97 Å². The smallest absolute Gasteiger partial charge is 0.148 e. The van der Waals surface area contributed by atoms with Gasteiger partial charge in [-0.1, -0.05) is 33.8 Å². The zero-order valence-electron chi connectivity index (χ0n) is 18.2. The molecule has 0 amide bonds. The fraction of sp³-hybridized carbons (Fsp3) is 0.583. The summed E-state index contributed by atoms with van der Waals surface area (Å²) in [5.41, 5.74) is 7.16. The molecular weight excluding hydrogens is 346 g/mol. The van der Waals surface area contributed by atoms with E-state index in [2.05, 4.69) is 45.1 Å². The third kappa shape index (κ3) is 4.01. The van der Waals surface area contributed by atoms with E-state index in [0.717, 1.165) is 67.2 Å². The standard InChI is InChI=1S/C24H35N3O/c1-6-17(7-2)25-24-20(9-4)26-23(19(8-3)27-24)22-18-13-11-10-12-16(18)14-15-21(22)28-5/h14-15,17H,6-13H2,1-5H3,(H,25,27). The minimum Gasteiger partial charge on any atom is -0.496 e. The molecule has 1 aliphatic rings. The number of hydrogen-bond acceptors (Lipinski definition) is 4. The van der Waals surface area contributed by atoms with Crippen molar-refractivity contribution >= 4 is 5.82 Å². The zero-order chi connectivity index (χ0) is 20.1. The largest absolute Gasteiger partial charge is 0.496 e. The molecule has 1 N–H and O–H groups in total. The molecular formula is C24H35N3O. The monoisotopic (exact) mass is 381 g/mol. The van der Waals surface area contributed by atoms with Crippen LogP contribution < -0.4 is 10.1 Å². The van der Waals surface area contributed by atoms with Crippen LogP contribution in [0.5, 0.6) is 5.75 Å². The third-order valence-electron chi connectivity index (χ3n) is 5.99. The summed E-state index contributed by atoms with van der Waals surface area (Å²) in [7, 11) is 1.76. The summed E-state index contributed by atoms with van der Waals surface area (Å²) in [6.07, 6.45) is 8.65. The van der Waals surface area contributed by atoms with Crippen LogP contribution in [0.4, 0.5) is 5.82 Å². The molecule has 0 fully saturated rings. The Labute approximate surface area is 170 Å². The Morgan fingerprint density at radius 2 is 1.68 bits per heavy atom.